The van der Waals surface area contributed by atoms with Crippen LogP contribution < -0.4 is 69.7 Å². The molecule has 0 aliphatic heterocycles. The molecule has 0 bridgehead atoms. The van der Waals surface area contributed by atoms with E-state index in [1.165, 1.54) is 18.2 Å². The van der Waals surface area contributed by atoms with E-state index in [-0.39, 0.29) is 97.4 Å². The third-order valence-electron chi connectivity index (χ3n) is 5.12. The summed E-state index contributed by atoms with van der Waals surface area (Å²) in [6.07, 6.45) is -1.13. The number of rotatable bonds is 6. The molecule has 0 saturated heterocycles. The fourth-order valence-corrected chi connectivity index (χ4v) is 3.46. The smallest absolute Gasteiger partial charge is 1.00 e. The van der Waals surface area contributed by atoms with Crippen molar-refractivity contribution < 1.29 is 99.7 Å². The molecule has 0 fully saturated rings. The Hall–Kier alpha value is -1.82. The first-order valence-electron chi connectivity index (χ1n) is 9.57. The number of hydrogen-bond donors (Lipinski definition) is 4. The van der Waals surface area contributed by atoms with Crippen molar-refractivity contribution in [3.63, 3.8) is 0 Å². The maximum atomic E-state index is 13.3. The molecule has 0 spiro atoms. The quantitative estimate of drug-likeness (QED) is 0.301. The van der Waals surface area contributed by atoms with Gasteiger partial charge in [-0.2, -0.15) is 13.2 Å². The van der Waals surface area contributed by atoms with Crippen LogP contribution in [-0.4, -0.2) is 28.1 Å². The Labute approximate surface area is 240 Å². The number of aromatic carboxylic acids is 1. The zero-order valence-corrected chi connectivity index (χ0v) is 22.5. The van der Waals surface area contributed by atoms with E-state index in [0.29, 0.717) is 0 Å². The third-order valence-corrected chi connectivity index (χ3v) is 5.12. The summed E-state index contributed by atoms with van der Waals surface area (Å²) in [5.41, 5.74) is -1.25. The minimum absolute atomic E-state index is 0. The van der Waals surface area contributed by atoms with Gasteiger partial charge in [0.15, 0.2) is 0 Å². The molecule has 0 aromatic heterocycles. The predicted octanol–water partition coefficient (Wildman–Crippen LogP) is -1.01. The van der Waals surface area contributed by atoms with Gasteiger partial charge < -0.3 is 23.7 Å². The molecule has 172 valence electrons. The van der Waals surface area contributed by atoms with Crippen molar-refractivity contribution in [2.75, 3.05) is 10.6 Å². The Morgan fingerprint density at radius 3 is 2.09 bits per heavy atom. The number of nitrogens with one attached hydrogen (secondary N) is 2. The number of anilines is 3. The monoisotopic (exact) mass is 496 g/mol. The average molecular weight is 496 g/mol. The molecule has 1 aliphatic rings. The number of amides is 1. The molecule has 3 rings (SSSR count). The first-order valence-corrected chi connectivity index (χ1v) is 9.57. The van der Waals surface area contributed by atoms with Gasteiger partial charge in [-0.05, 0) is 43.2 Å². The maximum Gasteiger partial charge on any atom is 1.00 e. The summed E-state index contributed by atoms with van der Waals surface area (Å²) in [6.45, 7) is 0. The minimum atomic E-state index is -4.69. The number of allylic oxidation sites excluding steroid dienone is 2. The molecule has 4 N–H and O–H groups in total. The summed E-state index contributed by atoms with van der Waals surface area (Å²) in [5, 5.41) is 23.9. The number of carboxylic acids is 2. The van der Waals surface area contributed by atoms with E-state index < -0.39 is 41.4 Å². The number of carbonyl (C=O) groups excluding carboxylic acids is 1. The number of para-hydroxylation sites is 1. The largest absolute Gasteiger partial charge is 1.00 e. The standard InChI is InChI=1S/C22H19F3N2O5.2Na.2H/c23-22(24,25)12-9-10-17(26-16-8-4-3-7-15(16)21(31)32)18(11-12)27-19(28)13-5-1-2-6-14(13)20(29)30;;;;/h1-4,7-11,13-14,26H,5-6H2,(H,27,28)(H,29,30)(H,31,32);;;;/q;2*+1;2*-1. The number of halogens is 3. The van der Waals surface area contributed by atoms with Crippen LogP contribution in [0.25, 0.3) is 0 Å². The predicted molar refractivity (Wildman–Crippen MR) is 112 cm³/mol. The first-order chi connectivity index (χ1) is 15.1. The summed E-state index contributed by atoms with van der Waals surface area (Å²) in [7, 11) is 0. The molecule has 2 unspecified atom stereocenters. The molecule has 7 nitrogen and oxygen atoms in total. The summed E-state index contributed by atoms with van der Waals surface area (Å²) >= 11 is 0. The Morgan fingerprint density at radius 1 is 0.882 bits per heavy atom. The zero-order valence-electron chi connectivity index (χ0n) is 20.5. The molecular weight excluding hydrogens is 475 g/mol. The van der Waals surface area contributed by atoms with Crippen molar-refractivity contribution in [3.05, 3.63) is 65.7 Å². The van der Waals surface area contributed by atoms with Gasteiger partial charge in [0.2, 0.25) is 5.91 Å². The van der Waals surface area contributed by atoms with Crippen LogP contribution in [0.2, 0.25) is 0 Å². The van der Waals surface area contributed by atoms with E-state index in [2.05, 4.69) is 10.6 Å². The summed E-state index contributed by atoms with van der Waals surface area (Å²) in [6, 6.07) is 8.38. The third kappa shape index (κ3) is 7.34. The average Bonchev–Trinajstić information content (AvgIpc) is 2.74. The molecule has 34 heavy (non-hydrogen) atoms. The molecule has 0 radical (unpaired) electrons. The maximum absolute atomic E-state index is 13.3. The fourth-order valence-electron chi connectivity index (χ4n) is 3.46. The number of hydrogen-bond acceptors (Lipinski definition) is 4. The van der Waals surface area contributed by atoms with Crippen LogP contribution in [0.15, 0.2) is 54.6 Å². The summed E-state index contributed by atoms with van der Waals surface area (Å²) < 4.78 is 39.8. The first kappa shape index (κ1) is 30.2. The molecule has 2 aromatic carbocycles. The van der Waals surface area contributed by atoms with Gasteiger partial charge in [-0.1, -0.05) is 24.3 Å². The van der Waals surface area contributed by atoms with Crippen molar-refractivity contribution >= 4 is 34.9 Å². The van der Waals surface area contributed by atoms with Crippen molar-refractivity contribution in [1.29, 1.82) is 0 Å². The van der Waals surface area contributed by atoms with E-state index in [4.69, 9.17) is 0 Å². The van der Waals surface area contributed by atoms with Crippen molar-refractivity contribution in [2.45, 2.75) is 19.0 Å². The normalized spacial score (nSPS) is 17.0. The minimum Gasteiger partial charge on any atom is -1.00 e. The zero-order chi connectivity index (χ0) is 23.5. The van der Waals surface area contributed by atoms with E-state index in [9.17, 15) is 37.8 Å². The number of benzene rings is 2. The van der Waals surface area contributed by atoms with Crippen LogP contribution in [0, 0.1) is 11.8 Å². The number of alkyl halides is 3. The van der Waals surface area contributed by atoms with Gasteiger partial charge in [-0.15, -0.1) is 0 Å². The van der Waals surface area contributed by atoms with Gasteiger partial charge >= 0.3 is 77.2 Å². The van der Waals surface area contributed by atoms with Gasteiger partial charge in [-0.25, -0.2) is 4.79 Å². The molecule has 2 aromatic rings. The SMILES string of the molecule is O=C(O)c1ccccc1Nc1ccc(C(F)(F)F)cc1NC(=O)C1CC=CCC1C(=O)O.[H-].[H-].[Na+].[Na+]. The Morgan fingerprint density at radius 2 is 1.50 bits per heavy atom. The van der Waals surface area contributed by atoms with Crippen LogP contribution in [0.1, 0.15) is 31.6 Å². The second kappa shape index (κ2) is 12.8. The topological polar surface area (TPSA) is 116 Å². The molecular formula is C22H21F3N2Na2O5. The number of aliphatic carboxylic acids is 1. The van der Waals surface area contributed by atoms with Crippen LogP contribution in [0.3, 0.4) is 0 Å². The van der Waals surface area contributed by atoms with Crippen molar-refractivity contribution in [3.8, 4) is 0 Å². The van der Waals surface area contributed by atoms with Crippen molar-refractivity contribution in [1.82, 2.24) is 0 Å². The fraction of sp³-hybridized carbons (Fsp3) is 0.227. The number of carboxylic acid groups (broad SMARTS) is 2. The van der Waals surface area contributed by atoms with Crippen LogP contribution in [-0.2, 0) is 15.8 Å². The van der Waals surface area contributed by atoms with Gasteiger partial charge in [0.25, 0.3) is 0 Å². The number of carbonyl (C=O) groups is 3. The van der Waals surface area contributed by atoms with Gasteiger partial charge in [0.05, 0.1) is 40.0 Å². The van der Waals surface area contributed by atoms with E-state index in [1.807, 2.05) is 0 Å². The molecule has 2 atom stereocenters. The molecule has 0 saturated carbocycles. The van der Waals surface area contributed by atoms with E-state index >= 15 is 0 Å². The van der Waals surface area contributed by atoms with Gasteiger partial charge in [0, 0.05) is 0 Å². The van der Waals surface area contributed by atoms with E-state index in [0.717, 1.165) is 18.2 Å². The second-order valence-corrected chi connectivity index (χ2v) is 7.22. The second-order valence-electron chi connectivity index (χ2n) is 7.22. The van der Waals surface area contributed by atoms with Crippen LogP contribution >= 0.6 is 0 Å². The summed E-state index contributed by atoms with van der Waals surface area (Å²) in [5.74, 6) is -5.13. The molecule has 1 aliphatic carbocycles. The molecule has 12 heteroatoms. The van der Waals surface area contributed by atoms with Gasteiger partial charge in [0.1, 0.15) is 0 Å². The molecule has 0 heterocycles. The Balaban J connectivity index is 0. The van der Waals surface area contributed by atoms with Crippen LogP contribution in [0.5, 0.6) is 0 Å². The van der Waals surface area contributed by atoms with E-state index in [1.54, 1.807) is 18.2 Å². The summed E-state index contributed by atoms with van der Waals surface area (Å²) in [4.78, 5) is 35.7. The van der Waals surface area contributed by atoms with Crippen molar-refractivity contribution in [2.24, 2.45) is 11.8 Å². The molecule has 1 amide bonds. The Bertz CT molecular complexity index is 1100. The van der Waals surface area contributed by atoms with Crippen LogP contribution in [0.4, 0.5) is 30.2 Å². The Kier molecular flexibility index (Phi) is 11.3. The van der Waals surface area contributed by atoms with Gasteiger partial charge in [-0.3, -0.25) is 9.59 Å².